The topological polar surface area (TPSA) is 58.3 Å². The minimum atomic E-state index is 0.216. The third-order valence-corrected chi connectivity index (χ3v) is 5.10. The summed E-state index contributed by atoms with van der Waals surface area (Å²) in [6.45, 7) is 5.95. The molecular formula is C14H19N5S2. The van der Waals surface area contributed by atoms with Gasteiger partial charge in [0.15, 0.2) is 0 Å². The van der Waals surface area contributed by atoms with E-state index >= 15 is 0 Å². The number of anilines is 1. The summed E-state index contributed by atoms with van der Waals surface area (Å²) >= 11 is 6.83. The first-order valence-electron chi connectivity index (χ1n) is 7.17. The first-order valence-corrected chi connectivity index (χ1v) is 8.46. The molecular weight excluding hydrogens is 302 g/mol. The monoisotopic (exact) mass is 321 g/mol. The Bertz CT molecular complexity index is 633. The van der Waals surface area contributed by atoms with E-state index in [0.717, 1.165) is 48.6 Å². The molecule has 0 amide bonds. The minimum absolute atomic E-state index is 0.216. The number of aromatic nitrogens is 2. The van der Waals surface area contributed by atoms with Crippen molar-refractivity contribution in [2.45, 2.75) is 19.4 Å². The highest BCUT2D eigenvalue weighted by molar-refractivity contribution is 7.80. The Balaban J connectivity index is 1.74. The number of hydrogen-bond donors (Lipinski definition) is 1. The molecule has 112 valence electrons. The minimum Gasteiger partial charge on any atom is -0.392 e. The molecule has 2 aromatic heterocycles. The molecule has 0 aliphatic carbocycles. The lowest BCUT2D eigenvalue weighted by Crippen LogP contribution is -2.53. The van der Waals surface area contributed by atoms with Gasteiger partial charge in [-0.2, -0.15) is 0 Å². The van der Waals surface area contributed by atoms with Gasteiger partial charge in [-0.05, 0) is 17.9 Å². The Morgan fingerprint density at radius 1 is 1.38 bits per heavy atom. The van der Waals surface area contributed by atoms with Crippen LogP contribution in [0.25, 0.3) is 10.2 Å². The third-order valence-electron chi connectivity index (χ3n) is 4.01. The normalized spacial score (nSPS) is 18.0. The van der Waals surface area contributed by atoms with Crippen LogP contribution in [0.15, 0.2) is 17.8 Å². The number of fused-ring (bicyclic) bond motifs is 1. The predicted octanol–water partition coefficient (Wildman–Crippen LogP) is 1.88. The van der Waals surface area contributed by atoms with Crippen molar-refractivity contribution >= 4 is 44.6 Å². The van der Waals surface area contributed by atoms with Crippen molar-refractivity contribution in [3.8, 4) is 0 Å². The maximum Gasteiger partial charge on any atom is 0.140 e. The highest BCUT2D eigenvalue weighted by atomic mass is 32.1. The van der Waals surface area contributed by atoms with Crippen LogP contribution in [0, 0.1) is 0 Å². The van der Waals surface area contributed by atoms with Crippen LogP contribution in [-0.2, 0) is 0 Å². The Morgan fingerprint density at radius 2 is 2.14 bits per heavy atom. The van der Waals surface area contributed by atoms with Crippen LogP contribution in [0.2, 0.25) is 0 Å². The lowest BCUT2D eigenvalue weighted by molar-refractivity contribution is 0.224. The van der Waals surface area contributed by atoms with Crippen molar-refractivity contribution in [2.75, 3.05) is 31.1 Å². The van der Waals surface area contributed by atoms with Gasteiger partial charge < -0.3 is 10.6 Å². The molecule has 3 heterocycles. The van der Waals surface area contributed by atoms with Crippen LogP contribution < -0.4 is 10.6 Å². The summed E-state index contributed by atoms with van der Waals surface area (Å²) in [5, 5.41) is 3.22. The van der Waals surface area contributed by atoms with Gasteiger partial charge in [0.05, 0.1) is 16.4 Å². The maximum atomic E-state index is 5.84. The van der Waals surface area contributed by atoms with E-state index in [1.807, 2.05) is 0 Å². The molecule has 5 nitrogen and oxygen atoms in total. The van der Waals surface area contributed by atoms with Gasteiger partial charge in [0, 0.05) is 26.2 Å². The molecule has 2 aromatic rings. The number of nitrogens with two attached hydrogens (primary N) is 1. The molecule has 1 atom stereocenters. The molecule has 1 fully saturated rings. The Morgan fingerprint density at radius 3 is 2.81 bits per heavy atom. The molecule has 1 saturated heterocycles. The number of hydrogen-bond acceptors (Lipinski definition) is 6. The smallest absolute Gasteiger partial charge is 0.140 e. The molecule has 7 heteroatoms. The Hall–Kier alpha value is -1.31. The largest absolute Gasteiger partial charge is 0.392 e. The van der Waals surface area contributed by atoms with Crippen molar-refractivity contribution in [3.63, 3.8) is 0 Å². The van der Waals surface area contributed by atoms with E-state index in [-0.39, 0.29) is 6.04 Å². The Kier molecular flexibility index (Phi) is 4.32. The van der Waals surface area contributed by atoms with Crippen LogP contribution in [0.1, 0.15) is 13.3 Å². The van der Waals surface area contributed by atoms with E-state index < -0.39 is 0 Å². The standard InChI is InChI=1S/C14H19N5S2/c1-2-11(12(15)20)18-4-6-19(7-5-18)13-10-3-8-21-14(10)17-9-16-13/h3,8-9,11H,2,4-7H2,1H3,(H2,15,20). The van der Waals surface area contributed by atoms with Gasteiger partial charge in [0.1, 0.15) is 17.0 Å². The molecule has 3 rings (SSSR count). The number of thiocarbonyl (C=S) groups is 1. The predicted molar refractivity (Wildman–Crippen MR) is 92.1 cm³/mol. The quantitative estimate of drug-likeness (QED) is 0.868. The van der Waals surface area contributed by atoms with E-state index in [0.29, 0.717) is 4.99 Å². The molecule has 1 aliphatic rings. The molecule has 21 heavy (non-hydrogen) atoms. The van der Waals surface area contributed by atoms with Crippen molar-refractivity contribution in [3.05, 3.63) is 17.8 Å². The fraction of sp³-hybridized carbons (Fsp3) is 0.500. The summed E-state index contributed by atoms with van der Waals surface area (Å²) < 4.78 is 0. The Labute approximate surface area is 133 Å². The van der Waals surface area contributed by atoms with Crippen molar-refractivity contribution in [1.82, 2.24) is 14.9 Å². The summed E-state index contributed by atoms with van der Waals surface area (Å²) in [6, 6.07) is 2.32. The number of rotatable bonds is 4. The van der Waals surface area contributed by atoms with E-state index in [4.69, 9.17) is 18.0 Å². The highest BCUT2D eigenvalue weighted by Gasteiger charge is 2.25. The van der Waals surface area contributed by atoms with Gasteiger partial charge in [-0.1, -0.05) is 19.1 Å². The number of piperazine rings is 1. The van der Waals surface area contributed by atoms with Crippen molar-refractivity contribution < 1.29 is 0 Å². The fourth-order valence-corrected chi connectivity index (χ4v) is 3.96. The van der Waals surface area contributed by atoms with Gasteiger partial charge in [0.2, 0.25) is 0 Å². The average Bonchev–Trinajstić information content (AvgIpc) is 2.97. The molecule has 1 aliphatic heterocycles. The molecule has 0 saturated carbocycles. The molecule has 0 aromatic carbocycles. The van der Waals surface area contributed by atoms with Crippen LogP contribution in [0.4, 0.5) is 5.82 Å². The van der Waals surface area contributed by atoms with Gasteiger partial charge in [-0.25, -0.2) is 9.97 Å². The van der Waals surface area contributed by atoms with Gasteiger partial charge in [-0.3, -0.25) is 4.90 Å². The SMILES string of the molecule is CCC(C(N)=S)N1CCN(c2ncnc3sccc23)CC1. The highest BCUT2D eigenvalue weighted by Crippen LogP contribution is 2.27. The molecule has 1 unspecified atom stereocenters. The summed E-state index contributed by atoms with van der Waals surface area (Å²) in [5.74, 6) is 1.05. The maximum absolute atomic E-state index is 5.84. The second-order valence-corrected chi connectivity index (χ2v) is 6.55. The molecule has 2 N–H and O–H groups in total. The average molecular weight is 321 g/mol. The van der Waals surface area contributed by atoms with Crippen LogP contribution in [-0.4, -0.2) is 52.1 Å². The second kappa shape index (κ2) is 6.21. The van der Waals surface area contributed by atoms with E-state index in [2.05, 4.69) is 38.1 Å². The van der Waals surface area contributed by atoms with Gasteiger partial charge >= 0.3 is 0 Å². The van der Waals surface area contributed by atoms with E-state index in [9.17, 15) is 0 Å². The van der Waals surface area contributed by atoms with Gasteiger partial charge in [0.25, 0.3) is 0 Å². The number of nitrogens with zero attached hydrogens (tertiary/aromatic N) is 4. The number of thiophene rings is 1. The zero-order valence-electron chi connectivity index (χ0n) is 12.0. The van der Waals surface area contributed by atoms with E-state index in [1.54, 1.807) is 17.7 Å². The summed E-state index contributed by atoms with van der Waals surface area (Å²) in [7, 11) is 0. The first-order chi connectivity index (χ1) is 10.2. The second-order valence-electron chi connectivity index (χ2n) is 5.19. The van der Waals surface area contributed by atoms with Crippen LogP contribution in [0.3, 0.4) is 0 Å². The fourth-order valence-electron chi connectivity index (χ4n) is 2.91. The summed E-state index contributed by atoms with van der Waals surface area (Å²) in [4.78, 5) is 15.2. The third kappa shape index (κ3) is 2.86. The molecule has 0 radical (unpaired) electrons. The molecule has 0 bridgehead atoms. The lowest BCUT2D eigenvalue weighted by atomic mass is 10.1. The zero-order chi connectivity index (χ0) is 14.8. The van der Waals surface area contributed by atoms with Gasteiger partial charge in [-0.15, -0.1) is 11.3 Å². The van der Waals surface area contributed by atoms with Crippen LogP contribution in [0.5, 0.6) is 0 Å². The van der Waals surface area contributed by atoms with Crippen molar-refractivity contribution in [1.29, 1.82) is 0 Å². The zero-order valence-corrected chi connectivity index (χ0v) is 13.7. The summed E-state index contributed by atoms with van der Waals surface area (Å²) in [6.07, 6.45) is 2.63. The van der Waals surface area contributed by atoms with Crippen LogP contribution >= 0.6 is 23.6 Å². The lowest BCUT2D eigenvalue weighted by Gasteiger charge is -2.39. The first kappa shape index (κ1) is 14.6. The molecule has 0 spiro atoms. The summed E-state index contributed by atoms with van der Waals surface area (Å²) in [5.41, 5.74) is 5.84. The van der Waals surface area contributed by atoms with Crippen molar-refractivity contribution in [2.24, 2.45) is 5.73 Å². The van der Waals surface area contributed by atoms with E-state index in [1.165, 1.54) is 0 Å².